The van der Waals surface area contributed by atoms with Crippen LogP contribution in [0.1, 0.15) is 38.8 Å². The molecule has 0 atom stereocenters. The largest absolute Gasteiger partial charge is 0.363 e. The summed E-state index contributed by atoms with van der Waals surface area (Å²) in [5.41, 5.74) is 4.48. The van der Waals surface area contributed by atoms with Gasteiger partial charge >= 0.3 is 0 Å². The van der Waals surface area contributed by atoms with E-state index >= 15 is 0 Å². The third-order valence-corrected chi connectivity index (χ3v) is 6.83. The Labute approximate surface area is 202 Å². The number of imide groups is 1. The van der Waals surface area contributed by atoms with Gasteiger partial charge in [-0.15, -0.1) is 0 Å². The smallest absolute Gasteiger partial charge is 0.294 e. The number of anilines is 2. The zero-order valence-corrected chi connectivity index (χ0v) is 20.3. The molecule has 1 fully saturated rings. The number of carbonyl (C=O) groups is 3. The molecule has 0 aliphatic carbocycles. The van der Waals surface area contributed by atoms with Crippen LogP contribution in [0.5, 0.6) is 0 Å². The van der Waals surface area contributed by atoms with Crippen molar-refractivity contribution < 1.29 is 18.8 Å². The lowest BCUT2D eigenvalue weighted by Gasteiger charge is -2.42. The molecular weight excluding hydrogens is 453 g/mol. The number of allylic oxidation sites excluding steroid dienone is 1. The fourth-order valence-corrected chi connectivity index (χ4v) is 5.27. The highest BCUT2D eigenvalue weighted by atomic mass is 32.2. The summed E-state index contributed by atoms with van der Waals surface area (Å²) >= 11 is 0.814. The van der Waals surface area contributed by atoms with Crippen molar-refractivity contribution in [2.45, 2.75) is 33.2 Å². The van der Waals surface area contributed by atoms with Crippen LogP contribution in [0.2, 0.25) is 0 Å². The van der Waals surface area contributed by atoms with E-state index in [1.165, 1.54) is 24.3 Å². The first-order valence-corrected chi connectivity index (χ1v) is 11.8. The number of hydrogen-bond donors (Lipinski definition) is 1. The predicted molar refractivity (Wildman–Crippen MR) is 135 cm³/mol. The van der Waals surface area contributed by atoms with Gasteiger partial charge in [0.05, 0.1) is 10.4 Å². The van der Waals surface area contributed by atoms with E-state index in [1.807, 2.05) is 18.2 Å². The summed E-state index contributed by atoms with van der Waals surface area (Å²) in [7, 11) is 0. The maximum Gasteiger partial charge on any atom is 0.294 e. The number of nitrogens with zero attached hydrogens (tertiary/aromatic N) is 2. The van der Waals surface area contributed by atoms with Gasteiger partial charge in [-0.1, -0.05) is 12.1 Å². The number of benzene rings is 2. The van der Waals surface area contributed by atoms with E-state index in [0.29, 0.717) is 5.69 Å². The average Bonchev–Trinajstić information content (AvgIpc) is 3.02. The third kappa shape index (κ3) is 4.63. The fraction of sp³-hybridized carbons (Fsp3) is 0.269. The Bertz CT molecular complexity index is 1230. The molecule has 3 amide bonds. The maximum absolute atomic E-state index is 13.0. The zero-order valence-electron chi connectivity index (χ0n) is 19.5. The molecule has 0 aromatic heterocycles. The summed E-state index contributed by atoms with van der Waals surface area (Å²) in [5.74, 6) is -1.47. The minimum atomic E-state index is -0.535. The number of amides is 3. The summed E-state index contributed by atoms with van der Waals surface area (Å²) in [6, 6.07) is 11.3. The van der Waals surface area contributed by atoms with E-state index in [2.05, 4.69) is 44.0 Å². The van der Waals surface area contributed by atoms with Crippen molar-refractivity contribution in [2.75, 3.05) is 23.3 Å². The normalized spacial score (nSPS) is 18.3. The minimum absolute atomic E-state index is 0.0928. The number of rotatable bonds is 5. The third-order valence-electron chi connectivity index (χ3n) is 5.92. The Kier molecular flexibility index (Phi) is 6.36. The molecule has 1 saturated heterocycles. The molecule has 2 aromatic rings. The van der Waals surface area contributed by atoms with Gasteiger partial charge in [-0.05, 0) is 93.1 Å². The number of hydrogen-bond acceptors (Lipinski definition) is 5. The molecule has 2 heterocycles. The van der Waals surface area contributed by atoms with Gasteiger partial charge in [0.25, 0.3) is 11.1 Å². The number of thioether (sulfide) groups is 1. The van der Waals surface area contributed by atoms with Crippen LogP contribution in [0.4, 0.5) is 20.6 Å². The lowest BCUT2D eigenvalue weighted by Crippen LogP contribution is -2.44. The Morgan fingerprint density at radius 2 is 1.85 bits per heavy atom. The second-order valence-electron chi connectivity index (χ2n) is 8.82. The van der Waals surface area contributed by atoms with Crippen molar-refractivity contribution in [1.82, 2.24) is 4.90 Å². The molecule has 2 aliphatic heterocycles. The van der Waals surface area contributed by atoms with Crippen LogP contribution in [-0.4, -0.2) is 40.6 Å². The molecular formula is C26H26FN3O3S. The van der Waals surface area contributed by atoms with E-state index in [9.17, 15) is 18.8 Å². The van der Waals surface area contributed by atoms with E-state index < -0.39 is 29.4 Å². The van der Waals surface area contributed by atoms with Crippen LogP contribution >= 0.6 is 11.8 Å². The zero-order chi connectivity index (χ0) is 24.6. The molecule has 1 N–H and O–H groups in total. The Morgan fingerprint density at radius 1 is 1.15 bits per heavy atom. The highest BCUT2D eigenvalue weighted by Gasteiger charge is 2.36. The van der Waals surface area contributed by atoms with Gasteiger partial charge in [0.2, 0.25) is 5.91 Å². The number of fused-ring (bicyclic) bond motifs is 1. The number of nitrogens with one attached hydrogen (secondary N) is 1. The Hall–Kier alpha value is -3.39. The summed E-state index contributed by atoms with van der Waals surface area (Å²) < 4.78 is 13.0. The van der Waals surface area contributed by atoms with Gasteiger partial charge < -0.3 is 10.2 Å². The second kappa shape index (κ2) is 9.10. The first-order chi connectivity index (χ1) is 16.1. The molecule has 0 saturated carbocycles. The van der Waals surface area contributed by atoms with E-state index in [-0.39, 0.29) is 10.4 Å². The number of likely N-dealkylation sites (N-methyl/N-ethyl adjacent to an activating group) is 1. The van der Waals surface area contributed by atoms with Crippen molar-refractivity contribution in [2.24, 2.45) is 0 Å². The SMILES string of the molecule is CCN1c2ccc(/C=C3\SC(=O)N(CC(=O)Nc4ccc(F)cc4)C3=O)cc2C(C)=CC1(C)C. The lowest BCUT2D eigenvalue weighted by atomic mass is 9.88. The molecule has 0 bridgehead atoms. The summed E-state index contributed by atoms with van der Waals surface area (Å²) in [6.45, 7) is 9.01. The van der Waals surface area contributed by atoms with E-state index in [4.69, 9.17) is 0 Å². The summed E-state index contributed by atoms with van der Waals surface area (Å²) in [4.78, 5) is 41.1. The first-order valence-electron chi connectivity index (χ1n) is 11.0. The molecule has 8 heteroatoms. The lowest BCUT2D eigenvalue weighted by molar-refractivity contribution is -0.127. The molecule has 0 unspecified atom stereocenters. The highest BCUT2D eigenvalue weighted by molar-refractivity contribution is 8.18. The molecule has 34 heavy (non-hydrogen) atoms. The summed E-state index contributed by atoms with van der Waals surface area (Å²) in [6.07, 6.45) is 3.92. The Morgan fingerprint density at radius 3 is 2.53 bits per heavy atom. The quantitative estimate of drug-likeness (QED) is 0.572. The standard InChI is InChI=1S/C26H26FN3O3S/c1-5-30-21-11-6-17(12-20(21)16(2)14-26(30,3)4)13-22-24(32)29(25(33)34-22)15-23(31)28-19-9-7-18(27)8-10-19/h6-14H,5,15H2,1-4H3,(H,28,31)/b22-13-. The molecule has 6 nitrogen and oxygen atoms in total. The number of halogens is 1. The molecule has 0 radical (unpaired) electrons. The van der Waals surface area contributed by atoms with Gasteiger partial charge in [0, 0.05) is 23.5 Å². The van der Waals surface area contributed by atoms with Crippen molar-refractivity contribution >= 4 is 51.8 Å². The minimum Gasteiger partial charge on any atom is -0.363 e. The molecule has 2 aliphatic rings. The fourth-order valence-electron chi connectivity index (χ4n) is 4.43. The van der Waals surface area contributed by atoms with Gasteiger partial charge in [-0.3, -0.25) is 19.3 Å². The van der Waals surface area contributed by atoms with Crippen molar-refractivity contribution in [3.05, 3.63) is 70.4 Å². The monoisotopic (exact) mass is 479 g/mol. The van der Waals surface area contributed by atoms with Crippen molar-refractivity contribution in [3.8, 4) is 0 Å². The van der Waals surface area contributed by atoms with Gasteiger partial charge in [-0.25, -0.2) is 4.39 Å². The van der Waals surface area contributed by atoms with Crippen molar-refractivity contribution in [3.63, 3.8) is 0 Å². The van der Waals surface area contributed by atoms with Crippen LogP contribution in [0.15, 0.2) is 53.4 Å². The van der Waals surface area contributed by atoms with E-state index in [1.54, 1.807) is 6.08 Å². The van der Waals surface area contributed by atoms with Gasteiger partial charge in [0.15, 0.2) is 0 Å². The Balaban J connectivity index is 1.52. The predicted octanol–water partition coefficient (Wildman–Crippen LogP) is 5.52. The van der Waals surface area contributed by atoms with Crippen LogP contribution in [-0.2, 0) is 9.59 Å². The first kappa shape index (κ1) is 23.8. The van der Waals surface area contributed by atoms with Gasteiger partial charge in [-0.2, -0.15) is 0 Å². The van der Waals surface area contributed by atoms with Crippen molar-refractivity contribution in [1.29, 1.82) is 0 Å². The molecule has 0 spiro atoms. The highest BCUT2D eigenvalue weighted by Crippen LogP contribution is 2.40. The van der Waals surface area contributed by atoms with Crippen LogP contribution < -0.4 is 10.2 Å². The maximum atomic E-state index is 13.0. The van der Waals surface area contributed by atoms with Crippen LogP contribution in [0.25, 0.3) is 11.6 Å². The second-order valence-corrected chi connectivity index (χ2v) is 9.82. The van der Waals surface area contributed by atoms with E-state index in [0.717, 1.165) is 45.6 Å². The topological polar surface area (TPSA) is 69.7 Å². The van der Waals surface area contributed by atoms with Crippen LogP contribution in [0, 0.1) is 5.82 Å². The average molecular weight is 480 g/mol. The molecule has 176 valence electrons. The molecule has 2 aromatic carbocycles. The summed E-state index contributed by atoms with van der Waals surface area (Å²) in [5, 5.41) is 2.06. The van der Waals surface area contributed by atoms with Crippen LogP contribution in [0.3, 0.4) is 0 Å². The van der Waals surface area contributed by atoms with Gasteiger partial charge in [0.1, 0.15) is 12.4 Å². The number of carbonyl (C=O) groups excluding carboxylic acids is 3. The molecule has 4 rings (SSSR count).